The lowest BCUT2D eigenvalue weighted by atomic mass is 9.87. The fourth-order valence-electron chi connectivity index (χ4n) is 4.17. The molecule has 3 heterocycles. The number of halogens is 5. The Hall–Kier alpha value is -2.60. The summed E-state index contributed by atoms with van der Waals surface area (Å²) in [6.45, 7) is 0.422. The molecule has 1 fully saturated rings. The number of amides is 1. The minimum Gasteiger partial charge on any atom is -0.336 e. The molecule has 1 amide bonds. The minimum absolute atomic E-state index is 0.000953. The normalized spacial score (nSPS) is 25.5. The average molecular weight is 430 g/mol. The van der Waals surface area contributed by atoms with Gasteiger partial charge in [0.15, 0.2) is 0 Å². The second-order valence-corrected chi connectivity index (χ2v) is 7.52. The van der Waals surface area contributed by atoms with Crippen LogP contribution < -0.4 is 5.73 Å². The summed E-state index contributed by atoms with van der Waals surface area (Å²) in [5.41, 5.74) is 6.23. The van der Waals surface area contributed by atoms with E-state index in [4.69, 9.17) is 5.73 Å². The van der Waals surface area contributed by atoms with E-state index in [1.54, 1.807) is 4.90 Å². The van der Waals surface area contributed by atoms with Crippen LogP contribution >= 0.6 is 0 Å². The SMILES string of the molecule is CN1C(=O)C(N2CCn3nc(C(F)(F)F)nc3C2)CC(N)[C@H]1c1cc(F)ccc1F. The van der Waals surface area contributed by atoms with Crippen LogP contribution in [0, 0.1) is 11.6 Å². The molecule has 12 heteroatoms. The summed E-state index contributed by atoms with van der Waals surface area (Å²) in [6.07, 6.45) is -4.51. The molecular weight excluding hydrogens is 411 g/mol. The molecule has 7 nitrogen and oxygen atoms in total. The van der Waals surface area contributed by atoms with E-state index in [2.05, 4.69) is 10.1 Å². The molecule has 2 aliphatic heterocycles. The average Bonchev–Trinajstić information content (AvgIpc) is 3.11. The van der Waals surface area contributed by atoms with Crippen LogP contribution in [0.4, 0.5) is 22.0 Å². The van der Waals surface area contributed by atoms with Gasteiger partial charge in [-0.2, -0.15) is 13.2 Å². The topological polar surface area (TPSA) is 80.3 Å². The molecule has 2 N–H and O–H groups in total. The first-order valence-electron chi connectivity index (χ1n) is 9.28. The second kappa shape index (κ2) is 7.27. The predicted molar refractivity (Wildman–Crippen MR) is 93.7 cm³/mol. The van der Waals surface area contributed by atoms with Gasteiger partial charge in [0.1, 0.15) is 17.5 Å². The Balaban J connectivity index is 1.56. The van der Waals surface area contributed by atoms with Crippen molar-refractivity contribution in [2.45, 2.75) is 43.8 Å². The van der Waals surface area contributed by atoms with Crippen LogP contribution in [-0.4, -0.2) is 56.1 Å². The Bertz CT molecular complexity index is 976. The summed E-state index contributed by atoms with van der Waals surface area (Å²) in [5, 5.41) is 3.48. The van der Waals surface area contributed by atoms with Gasteiger partial charge in [0.25, 0.3) is 5.82 Å². The molecule has 0 bridgehead atoms. The van der Waals surface area contributed by atoms with Gasteiger partial charge in [-0.1, -0.05) is 0 Å². The molecule has 2 aliphatic rings. The summed E-state index contributed by atoms with van der Waals surface area (Å²) in [5.74, 6) is -2.78. The van der Waals surface area contributed by atoms with Crippen LogP contribution in [0.25, 0.3) is 0 Å². The first-order chi connectivity index (χ1) is 14.1. The highest BCUT2D eigenvalue weighted by atomic mass is 19.4. The number of alkyl halides is 3. The molecule has 4 rings (SSSR count). The Labute approximate surface area is 168 Å². The van der Waals surface area contributed by atoms with Crippen LogP contribution in [0.1, 0.15) is 29.7 Å². The van der Waals surface area contributed by atoms with Crippen molar-refractivity contribution in [1.29, 1.82) is 0 Å². The molecule has 0 spiro atoms. The highest BCUT2D eigenvalue weighted by Crippen LogP contribution is 2.34. The minimum atomic E-state index is -4.65. The Morgan fingerprint density at radius 2 is 1.93 bits per heavy atom. The van der Waals surface area contributed by atoms with Gasteiger partial charge in [-0.05, 0) is 24.6 Å². The van der Waals surface area contributed by atoms with Crippen molar-refractivity contribution in [3.63, 3.8) is 0 Å². The molecule has 1 aromatic heterocycles. The molecule has 0 aliphatic carbocycles. The zero-order valence-electron chi connectivity index (χ0n) is 15.9. The van der Waals surface area contributed by atoms with E-state index in [1.165, 1.54) is 16.6 Å². The van der Waals surface area contributed by atoms with Crippen molar-refractivity contribution in [3.05, 3.63) is 47.0 Å². The van der Waals surface area contributed by atoms with Gasteiger partial charge in [-0.3, -0.25) is 9.69 Å². The third-order valence-corrected chi connectivity index (χ3v) is 5.61. The lowest BCUT2D eigenvalue weighted by molar-refractivity contribution is -0.145. The number of aromatic nitrogens is 3. The zero-order chi connectivity index (χ0) is 21.8. The van der Waals surface area contributed by atoms with Crippen LogP contribution in [0.2, 0.25) is 0 Å². The molecule has 2 unspecified atom stereocenters. The molecule has 0 radical (unpaired) electrons. The van der Waals surface area contributed by atoms with E-state index in [0.717, 1.165) is 18.2 Å². The van der Waals surface area contributed by atoms with Gasteiger partial charge in [0, 0.05) is 25.2 Å². The number of carbonyl (C=O) groups excluding carboxylic acids is 1. The number of likely N-dealkylation sites (N-methyl/N-ethyl adjacent to an activating group) is 1. The van der Waals surface area contributed by atoms with Crippen LogP contribution in [-0.2, 0) is 24.1 Å². The number of likely N-dealkylation sites (tertiary alicyclic amines) is 1. The first kappa shape index (κ1) is 20.7. The number of hydrogen-bond donors (Lipinski definition) is 1. The Kier molecular flexibility index (Phi) is 5.01. The second-order valence-electron chi connectivity index (χ2n) is 7.52. The molecule has 3 atom stereocenters. The highest BCUT2D eigenvalue weighted by molar-refractivity contribution is 5.83. The first-order valence-corrected chi connectivity index (χ1v) is 9.28. The molecule has 30 heavy (non-hydrogen) atoms. The van der Waals surface area contributed by atoms with Crippen molar-refractivity contribution >= 4 is 5.91 Å². The standard InChI is InChI=1S/C18H19F5N6O/c1-27-15(10-6-9(19)2-3-11(10)20)12(24)7-13(16(27)30)28-4-5-29-14(8-28)25-17(26-29)18(21,22)23/h2-3,6,12-13,15H,4-5,7-8,24H2,1H3/t12?,13?,15-/m1/s1. The predicted octanol–water partition coefficient (Wildman–Crippen LogP) is 1.69. The van der Waals surface area contributed by atoms with E-state index in [9.17, 15) is 26.7 Å². The lowest BCUT2D eigenvalue weighted by Crippen LogP contribution is -2.59. The summed E-state index contributed by atoms with van der Waals surface area (Å²) in [7, 11) is 1.46. The van der Waals surface area contributed by atoms with Gasteiger partial charge < -0.3 is 10.6 Å². The summed E-state index contributed by atoms with van der Waals surface area (Å²) >= 11 is 0. The number of carbonyl (C=O) groups is 1. The summed E-state index contributed by atoms with van der Waals surface area (Å²) in [4.78, 5) is 19.5. The maximum atomic E-state index is 14.3. The Morgan fingerprint density at radius 1 is 1.20 bits per heavy atom. The summed E-state index contributed by atoms with van der Waals surface area (Å²) < 4.78 is 67.7. The van der Waals surface area contributed by atoms with Gasteiger partial charge in [0.05, 0.1) is 25.2 Å². The third kappa shape index (κ3) is 3.54. The molecule has 162 valence electrons. The molecule has 1 aromatic carbocycles. The summed E-state index contributed by atoms with van der Waals surface area (Å²) in [6, 6.07) is 0.729. The van der Waals surface area contributed by atoms with Crippen LogP contribution in [0.5, 0.6) is 0 Å². The number of hydrogen-bond acceptors (Lipinski definition) is 5. The monoisotopic (exact) mass is 430 g/mol. The van der Waals surface area contributed by atoms with Crippen LogP contribution in [0.3, 0.4) is 0 Å². The Morgan fingerprint density at radius 3 is 2.63 bits per heavy atom. The maximum absolute atomic E-state index is 14.3. The van der Waals surface area contributed by atoms with E-state index in [1.807, 2.05) is 0 Å². The van der Waals surface area contributed by atoms with Gasteiger partial charge in [0.2, 0.25) is 5.91 Å². The zero-order valence-corrected chi connectivity index (χ0v) is 15.9. The van der Waals surface area contributed by atoms with E-state index in [-0.39, 0.29) is 43.4 Å². The quantitative estimate of drug-likeness (QED) is 0.734. The van der Waals surface area contributed by atoms with Crippen molar-refractivity contribution < 1.29 is 26.7 Å². The number of rotatable bonds is 2. The molecule has 0 saturated carbocycles. The highest BCUT2D eigenvalue weighted by Gasteiger charge is 2.44. The number of nitrogens with zero attached hydrogens (tertiary/aromatic N) is 5. The number of benzene rings is 1. The molecule has 2 aromatic rings. The number of fused-ring (bicyclic) bond motifs is 1. The number of nitrogens with two attached hydrogens (primary N) is 1. The third-order valence-electron chi connectivity index (χ3n) is 5.61. The van der Waals surface area contributed by atoms with Gasteiger partial charge >= 0.3 is 6.18 Å². The van der Waals surface area contributed by atoms with Gasteiger partial charge in [-0.15, -0.1) is 5.10 Å². The van der Waals surface area contributed by atoms with E-state index in [0.29, 0.717) is 0 Å². The van der Waals surface area contributed by atoms with E-state index < -0.39 is 41.8 Å². The van der Waals surface area contributed by atoms with Crippen LogP contribution in [0.15, 0.2) is 18.2 Å². The smallest absolute Gasteiger partial charge is 0.336 e. The van der Waals surface area contributed by atoms with Gasteiger partial charge in [-0.25, -0.2) is 18.4 Å². The fraction of sp³-hybridized carbons (Fsp3) is 0.500. The molecule has 1 saturated heterocycles. The van der Waals surface area contributed by atoms with E-state index >= 15 is 0 Å². The molecular formula is C18H19F5N6O. The maximum Gasteiger partial charge on any atom is 0.453 e. The lowest BCUT2D eigenvalue weighted by Gasteiger charge is -2.45. The van der Waals surface area contributed by atoms with Crippen molar-refractivity contribution in [3.8, 4) is 0 Å². The van der Waals surface area contributed by atoms with Crippen molar-refractivity contribution in [2.24, 2.45) is 5.73 Å². The number of piperidine rings is 1. The van der Waals surface area contributed by atoms with Crippen molar-refractivity contribution in [2.75, 3.05) is 13.6 Å². The fourth-order valence-corrected chi connectivity index (χ4v) is 4.17. The largest absolute Gasteiger partial charge is 0.453 e. The van der Waals surface area contributed by atoms with Crippen molar-refractivity contribution in [1.82, 2.24) is 24.6 Å².